The van der Waals surface area contributed by atoms with E-state index < -0.39 is 0 Å². The van der Waals surface area contributed by atoms with Crippen molar-refractivity contribution in [1.82, 2.24) is 15.0 Å². The summed E-state index contributed by atoms with van der Waals surface area (Å²) in [5.74, 6) is 1.46. The molecular weight excluding hydrogens is 387 g/mol. The van der Waals surface area contributed by atoms with Crippen LogP contribution in [-0.4, -0.2) is 15.0 Å². The third-order valence-corrected chi connectivity index (χ3v) is 5.71. The first-order chi connectivity index (χ1) is 12.6. The van der Waals surface area contributed by atoms with Crippen LogP contribution in [0.4, 0.5) is 5.82 Å². The van der Waals surface area contributed by atoms with Crippen LogP contribution in [0.5, 0.6) is 0 Å². The average Bonchev–Trinajstić information content (AvgIpc) is 3.04. The van der Waals surface area contributed by atoms with E-state index in [1.807, 2.05) is 24.3 Å². The van der Waals surface area contributed by atoms with Crippen LogP contribution in [0.2, 0.25) is 10.0 Å². The number of thiophene rings is 1. The molecule has 3 aromatic heterocycles. The summed E-state index contributed by atoms with van der Waals surface area (Å²) in [4.78, 5) is 14.6. The van der Waals surface area contributed by atoms with Gasteiger partial charge in [-0.15, -0.1) is 11.3 Å². The van der Waals surface area contributed by atoms with Crippen molar-refractivity contribution in [2.45, 2.75) is 13.5 Å². The quantitative estimate of drug-likeness (QED) is 0.457. The molecule has 0 aliphatic rings. The van der Waals surface area contributed by atoms with E-state index in [0.29, 0.717) is 22.4 Å². The molecule has 0 aliphatic heterocycles. The van der Waals surface area contributed by atoms with Gasteiger partial charge >= 0.3 is 0 Å². The Morgan fingerprint density at radius 3 is 2.77 bits per heavy atom. The Morgan fingerprint density at radius 1 is 1.12 bits per heavy atom. The molecule has 0 fully saturated rings. The van der Waals surface area contributed by atoms with Crippen molar-refractivity contribution in [2.75, 3.05) is 5.32 Å². The standard InChI is InChI=1S/C19H14Cl2N4S/c1-11-10-26-19-16(11)18(23-8-12-4-5-14(20)15(21)7-12)24-17(25-19)13-3-2-6-22-9-13/h2-7,9-10H,8H2,1H3,(H,23,24,25). The van der Waals surface area contributed by atoms with Gasteiger partial charge in [-0.2, -0.15) is 0 Å². The first-order valence-corrected chi connectivity index (χ1v) is 9.59. The van der Waals surface area contributed by atoms with E-state index in [1.165, 1.54) is 0 Å². The number of nitrogens with one attached hydrogen (secondary N) is 1. The maximum atomic E-state index is 6.11. The van der Waals surface area contributed by atoms with Crippen LogP contribution >= 0.6 is 34.5 Å². The summed E-state index contributed by atoms with van der Waals surface area (Å²) in [5, 5.41) is 7.65. The number of aromatic nitrogens is 3. The largest absolute Gasteiger partial charge is 0.365 e. The van der Waals surface area contributed by atoms with E-state index in [2.05, 4.69) is 22.6 Å². The molecule has 1 aromatic carbocycles. The summed E-state index contributed by atoms with van der Waals surface area (Å²) in [7, 11) is 0. The van der Waals surface area contributed by atoms with Gasteiger partial charge in [0.25, 0.3) is 0 Å². The molecule has 0 saturated heterocycles. The van der Waals surface area contributed by atoms with E-state index in [9.17, 15) is 0 Å². The SMILES string of the molecule is Cc1csc2nc(-c3cccnc3)nc(NCc3ccc(Cl)c(Cl)c3)c12. The highest BCUT2D eigenvalue weighted by molar-refractivity contribution is 7.17. The first-order valence-electron chi connectivity index (χ1n) is 7.96. The number of benzene rings is 1. The van der Waals surface area contributed by atoms with Crippen LogP contribution < -0.4 is 5.32 Å². The van der Waals surface area contributed by atoms with Crippen LogP contribution in [0.1, 0.15) is 11.1 Å². The third-order valence-electron chi connectivity index (χ3n) is 3.98. The maximum absolute atomic E-state index is 6.11. The number of fused-ring (bicyclic) bond motifs is 1. The van der Waals surface area contributed by atoms with Gasteiger partial charge in [-0.3, -0.25) is 4.98 Å². The lowest BCUT2D eigenvalue weighted by atomic mass is 10.2. The molecule has 0 saturated carbocycles. The smallest absolute Gasteiger partial charge is 0.164 e. The molecule has 4 rings (SSSR count). The number of halogens is 2. The van der Waals surface area contributed by atoms with E-state index >= 15 is 0 Å². The minimum Gasteiger partial charge on any atom is -0.365 e. The minimum atomic E-state index is 0.543. The van der Waals surface area contributed by atoms with Crippen molar-refractivity contribution < 1.29 is 0 Å². The number of aryl methyl sites for hydroxylation is 1. The topological polar surface area (TPSA) is 50.7 Å². The van der Waals surface area contributed by atoms with Gasteiger partial charge in [0.05, 0.1) is 15.4 Å². The van der Waals surface area contributed by atoms with Crippen molar-refractivity contribution in [1.29, 1.82) is 0 Å². The number of hydrogen-bond acceptors (Lipinski definition) is 5. The minimum absolute atomic E-state index is 0.543. The summed E-state index contributed by atoms with van der Waals surface area (Å²) in [6.07, 6.45) is 3.51. The molecule has 1 N–H and O–H groups in total. The Balaban J connectivity index is 1.72. The summed E-state index contributed by atoms with van der Waals surface area (Å²) < 4.78 is 0. The molecule has 4 aromatic rings. The molecule has 0 bridgehead atoms. The highest BCUT2D eigenvalue weighted by Crippen LogP contribution is 2.32. The van der Waals surface area contributed by atoms with Crippen LogP contribution in [0.15, 0.2) is 48.1 Å². The lowest BCUT2D eigenvalue weighted by molar-refractivity contribution is 1.10. The highest BCUT2D eigenvalue weighted by Gasteiger charge is 2.13. The molecule has 0 atom stereocenters. The lowest BCUT2D eigenvalue weighted by Crippen LogP contribution is -2.04. The molecule has 7 heteroatoms. The molecule has 3 heterocycles. The fourth-order valence-electron chi connectivity index (χ4n) is 2.67. The zero-order chi connectivity index (χ0) is 18.1. The van der Waals surface area contributed by atoms with Crippen molar-refractivity contribution in [3.63, 3.8) is 0 Å². The number of nitrogens with zero attached hydrogens (tertiary/aromatic N) is 3. The monoisotopic (exact) mass is 400 g/mol. The number of rotatable bonds is 4. The molecule has 0 aliphatic carbocycles. The number of hydrogen-bond donors (Lipinski definition) is 1. The zero-order valence-electron chi connectivity index (χ0n) is 13.8. The fourth-order valence-corrected chi connectivity index (χ4v) is 3.91. The van der Waals surface area contributed by atoms with Gasteiger partial charge in [0.1, 0.15) is 10.6 Å². The fraction of sp³-hybridized carbons (Fsp3) is 0.105. The molecule has 0 spiro atoms. The van der Waals surface area contributed by atoms with Gasteiger partial charge in [-0.1, -0.05) is 29.3 Å². The third kappa shape index (κ3) is 3.38. The Kier molecular flexibility index (Phi) is 4.76. The summed E-state index contributed by atoms with van der Waals surface area (Å²) in [5.41, 5.74) is 3.07. The number of anilines is 1. The van der Waals surface area contributed by atoms with E-state index in [4.69, 9.17) is 33.2 Å². The molecule has 0 radical (unpaired) electrons. The lowest BCUT2D eigenvalue weighted by Gasteiger charge is -2.10. The highest BCUT2D eigenvalue weighted by atomic mass is 35.5. The van der Waals surface area contributed by atoms with Crippen LogP contribution in [0.3, 0.4) is 0 Å². The Bertz CT molecular complexity index is 1080. The molecule has 26 heavy (non-hydrogen) atoms. The molecule has 0 unspecified atom stereocenters. The van der Waals surface area contributed by atoms with Gasteiger partial charge in [0.15, 0.2) is 5.82 Å². The van der Waals surface area contributed by atoms with Crippen LogP contribution in [0.25, 0.3) is 21.6 Å². The Labute approximate surface area is 164 Å². The van der Waals surface area contributed by atoms with Crippen molar-refractivity contribution in [3.8, 4) is 11.4 Å². The zero-order valence-corrected chi connectivity index (χ0v) is 16.2. The van der Waals surface area contributed by atoms with Crippen molar-refractivity contribution in [3.05, 3.63) is 69.3 Å². The second-order valence-corrected chi connectivity index (χ2v) is 7.51. The predicted molar refractivity (Wildman–Crippen MR) is 109 cm³/mol. The summed E-state index contributed by atoms with van der Waals surface area (Å²) in [6, 6.07) is 9.44. The van der Waals surface area contributed by atoms with Gasteiger partial charge in [-0.25, -0.2) is 9.97 Å². The summed E-state index contributed by atoms with van der Waals surface area (Å²) >= 11 is 13.7. The van der Waals surface area contributed by atoms with Gasteiger partial charge in [0.2, 0.25) is 0 Å². The summed E-state index contributed by atoms with van der Waals surface area (Å²) in [6.45, 7) is 2.65. The Morgan fingerprint density at radius 2 is 2.00 bits per heavy atom. The van der Waals surface area contributed by atoms with E-state index in [1.54, 1.807) is 29.8 Å². The van der Waals surface area contributed by atoms with Crippen LogP contribution in [0, 0.1) is 6.92 Å². The van der Waals surface area contributed by atoms with Gasteiger partial charge in [0, 0.05) is 24.5 Å². The van der Waals surface area contributed by atoms with Crippen LogP contribution in [-0.2, 0) is 6.54 Å². The van der Waals surface area contributed by atoms with Crippen molar-refractivity contribution in [2.24, 2.45) is 0 Å². The predicted octanol–water partition coefficient (Wildman–Crippen LogP) is 5.98. The molecule has 0 amide bonds. The molecule has 4 nitrogen and oxygen atoms in total. The Hall–Kier alpha value is -2.21. The second kappa shape index (κ2) is 7.19. The maximum Gasteiger partial charge on any atom is 0.164 e. The molecule has 130 valence electrons. The normalized spacial score (nSPS) is 11.0. The van der Waals surface area contributed by atoms with E-state index in [-0.39, 0.29) is 0 Å². The number of pyridine rings is 1. The van der Waals surface area contributed by atoms with Gasteiger partial charge in [-0.05, 0) is 47.7 Å². The van der Waals surface area contributed by atoms with Crippen molar-refractivity contribution >= 4 is 50.6 Å². The first kappa shape index (κ1) is 17.2. The second-order valence-electron chi connectivity index (χ2n) is 5.84. The van der Waals surface area contributed by atoms with Gasteiger partial charge < -0.3 is 5.32 Å². The van der Waals surface area contributed by atoms with E-state index in [0.717, 1.165) is 32.7 Å². The average molecular weight is 401 g/mol. The molecular formula is C19H14Cl2N4S.